The van der Waals surface area contributed by atoms with Crippen LogP contribution in [0.5, 0.6) is 0 Å². The Kier molecular flexibility index (Phi) is 7.06. The molecular formula is C12H24O2. The summed E-state index contributed by atoms with van der Waals surface area (Å²) in [5.74, 6) is 0. The van der Waals surface area contributed by atoms with E-state index in [1.54, 1.807) is 0 Å². The van der Waals surface area contributed by atoms with Gasteiger partial charge < -0.3 is 9.47 Å². The quantitative estimate of drug-likeness (QED) is 0.560. The molecule has 0 amide bonds. The van der Waals surface area contributed by atoms with Gasteiger partial charge in [0.15, 0.2) is 0 Å². The molecule has 1 saturated carbocycles. The fourth-order valence-electron chi connectivity index (χ4n) is 1.88. The van der Waals surface area contributed by atoms with Crippen LogP contribution in [0.25, 0.3) is 0 Å². The van der Waals surface area contributed by atoms with Gasteiger partial charge in [-0.15, -0.1) is 0 Å². The normalized spacial score (nSPS) is 17.8. The molecule has 0 aromatic rings. The highest BCUT2D eigenvalue weighted by Crippen LogP contribution is 2.20. The molecule has 14 heavy (non-hydrogen) atoms. The van der Waals surface area contributed by atoms with Gasteiger partial charge in [0.05, 0.1) is 19.3 Å². The Labute approximate surface area is 88.0 Å². The molecule has 0 spiro atoms. The van der Waals surface area contributed by atoms with Crippen LogP contribution >= 0.6 is 0 Å². The lowest BCUT2D eigenvalue weighted by atomic mass is 10.3. The summed E-state index contributed by atoms with van der Waals surface area (Å²) in [5, 5.41) is 0. The summed E-state index contributed by atoms with van der Waals surface area (Å²) in [6, 6.07) is 0. The van der Waals surface area contributed by atoms with E-state index in [0.717, 1.165) is 19.8 Å². The van der Waals surface area contributed by atoms with Crippen molar-refractivity contribution in [1.82, 2.24) is 0 Å². The third-order valence-electron chi connectivity index (χ3n) is 2.78. The summed E-state index contributed by atoms with van der Waals surface area (Å²) >= 11 is 0. The molecular weight excluding hydrogens is 176 g/mol. The van der Waals surface area contributed by atoms with Gasteiger partial charge in [-0.05, 0) is 19.3 Å². The Balaban J connectivity index is 1.75. The minimum Gasteiger partial charge on any atom is -0.379 e. The molecule has 0 heterocycles. The molecule has 2 heteroatoms. The Morgan fingerprint density at radius 2 is 1.79 bits per heavy atom. The van der Waals surface area contributed by atoms with Gasteiger partial charge in [-0.1, -0.05) is 32.6 Å². The van der Waals surface area contributed by atoms with Gasteiger partial charge in [-0.25, -0.2) is 0 Å². The van der Waals surface area contributed by atoms with Crippen LogP contribution in [-0.4, -0.2) is 25.9 Å². The molecule has 1 fully saturated rings. The van der Waals surface area contributed by atoms with E-state index in [2.05, 4.69) is 6.92 Å². The second kappa shape index (κ2) is 8.25. The fraction of sp³-hybridized carbons (Fsp3) is 1.00. The lowest BCUT2D eigenvalue weighted by Crippen LogP contribution is -2.12. The van der Waals surface area contributed by atoms with Crippen LogP contribution in [-0.2, 0) is 9.47 Å². The summed E-state index contributed by atoms with van der Waals surface area (Å²) in [6.07, 6.45) is 9.50. The van der Waals surface area contributed by atoms with Gasteiger partial charge in [0.1, 0.15) is 0 Å². The van der Waals surface area contributed by atoms with E-state index < -0.39 is 0 Å². The monoisotopic (exact) mass is 200 g/mol. The lowest BCUT2D eigenvalue weighted by Gasteiger charge is -2.10. The molecule has 0 aliphatic heterocycles. The van der Waals surface area contributed by atoms with E-state index >= 15 is 0 Å². The van der Waals surface area contributed by atoms with E-state index in [9.17, 15) is 0 Å². The third kappa shape index (κ3) is 5.61. The Bertz CT molecular complexity index is 119. The average Bonchev–Trinajstić information content (AvgIpc) is 2.69. The maximum Gasteiger partial charge on any atom is 0.0704 e. The first-order valence-electron chi connectivity index (χ1n) is 6.13. The largest absolute Gasteiger partial charge is 0.379 e. The Morgan fingerprint density at radius 1 is 1.00 bits per heavy atom. The first-order valence-corrected chi connectivity index (χ1v) is 6.13. The highest BCUT2D eigenvalue weighted by Gasteiger charge is 2.14. The lowest BCUT2D eigenvalue weighted by molar-refractivity contribution is 0.00723. The minimum atomic E-state index is 0.536. The van der Waals surface area contributed by atoms with Crippen molar-refractivity contribution in [2.45, 2.75) is 58.0 Å². The second-order valence-corrected chi connectivity index (χ2v) is 4.10. The molecule has 0 N–H and O–H groups in total. The SMILES string of the molecule is CCCCCOCCOC1CCCC1. The summed E-state index contributed by atoms with van der Waals surface area (Å²) in [6.45, 7) is 4.68. The standard InChI is InChI=1S/C12H24O2/c1-2-3-6-9-13-10-11-14-12-7-4-5-8-12/h12H,2-11H2,1H3. The van der Waals surface area contributed by atoms with E-state index in [1.807, 2.05) is 0 Å². The predicted octanol–water partition coefficient (Wildman–Crippen LogP) is 3.15. The van der Waals surface area contributed by atoms with Gasteiger partial charge in [0.2, 0.25) is 0 Å². The predicted molar refractivity (Wildman–Crippen MR) is 58.6 cm³/mol. The number of hydrogen-bond donors (Lipinski definition) is 0. The van der Waals surface area contributed by atoms with Crippen LogP contribution in [0.4, 0.5) is 0 Å². The molecule has 0 radical (unpaired) electrons. The smallest absolute Gasteiger partial charge is 0.0704 e. The van der Waals surface area contributed by atoms with E-state index in [-0.39, 0.29) is 0 Å². The topological polar surface area (TPSA) is 18.5 Å². The van der Waals surface area contributed by atoms with Crippen LogP contribution in [0.1, 0.15) is 51.9 Å². The highest BCUT2D eigenvalue weighted by molar-refractivity contribution is 4.66. The summed E-state index contributed by atoms with van der Waals surface area (Å²) in [7, 11) is 0. The molecule has 0 bridgehead atoms. The van der Waals surface area contributed by atoms with E-state index in [4.69, 9.17) is 9.47 Å². The van der Waals surface area contributed by atoms with Gasteiger partial charge in [-0.2, -0.15) is 0 Å². The van der Waals surface area contributed by atoms with Crippen molar-refractivity contribution in [2.24, 2.45) is 0 Å². The van der Waals surface area contributed by atoms with Crippen molar-refractivity contribution in [3.05, 3.63) is 0 Å². The van der Waals surface area contributed by atoms with Gasteiger partial charge >= 0.3 is 0 Å². The van der Waals surface area contributed by atoms with Crippen molar-refractivity contribution < 1.29 is 9.47 Å². The number of hydrogen-bond acceptors (Lipinski definition) is 2. The zero-order chi connectivity index (χ0) is 10.1. The molecule has 84 valence electrons. The fourth-order valence-corrected chi connectivity index (χ4v) is 1.88. The summed E-state index contributed by atoms with van der Waals surface area (Å²) < 4.78 is 11.2. The zero-order valence-electron chi connectivity index (χ0n) is 9.46. The third-order valence-corrected chi connectivity index (χ3v) is 2.78. The van der Waals surface area contributed by atoms with E-state index in [0.29, 0.717) is 6.10 Å². The van der Waals surface area contributed by atoms with Crippen molar-refractivity contribution in [1.29, 1.82) is 0 Å². The molecule has 0 saturated heterocycles. The molecule has 2 nitrogen and oxygen atoms in total. The van der Waals surface area contributed by atoms with Crippen molar-refractivity contribution >= 4 is 0 Å². The van der Waals surface area contributed by atoms with Crippen LogP contribution in [0.3, 0.4) is 0 Å². The van der Waals surface area contributed by atoms with Gasteiger partial charge in [0, 0.05) is 6.61 Å². The van der Waals surface area contributed by atoms with E-state index in [1.165, 1.54) is 44.9 Å². The van der Waals surface area contributed by atoms with Crippen molar-refractivity contribution in [2.75, 3.05) is 19.8 Å². The summed E-state index contributed by atoms with van der Waals surface area (Å²) in [4.78, 5) is 0. The first kappa shape index (κ1) is 12.0. The molecule has 1 rings (SSSR count). The van der Waals surface area contributed by atoms with Crippen LogP contribution in [0.2, 0.25) is 0 Å². The van der Waals surface area contributed by atoms with Crippen LogP contribution < -0.4 is 0 Å². The molecule has 0 atom stereocenters. The van der Waals surface area contributed by atoms with Crippen molar-refractivity contribution in [3.63, 3.8) is 0 Å². The second-order valence-electron chi connectivity index (χ2n) is 4.10. The number of rotatable bonds is 8. The molecule has 1 aliphatic carbocycles. The zero-order valence-corrected chi connectivity index (χ0v) is 9.46. The molecule has 0 unspecified atom stereocenters. The van der Waals surface area contributed by atoms with Crippen LogP contribution in [0, 0.1) is 0 Å². The molecule has 1 aliphatic rings. The van der Waals surface area contributed by atoms with Crippen molar-refractivity contribution in [3.8, 4) is 0 Å². The maximum absolute atomic E-state index is 5.68. The molecule has 0 aromatic heterocycles. The van der Waals surface area contributed by atoms with Gasteiger partial charge in [0.25, 0.3) is 0 Å². The Hall–Kier alpha value is -0.0800. The van der Waals surface area contributed by atoms with Crippen LogP contribution in [0.15, 0.2) is 0 Å². The maximum atomic E-state index is 5.68. The van der Waals surface area contributed by atoms with Gasteiger partial charge in [-0.3, -0.25) is 0 Å². The molecule has 0 aromatic carbocycles. The average molecular weight is 200 g/mol. The minimum absolute atomic E-state index is 0.536. The summed E-state index contributed by atoms with van der Waals surface area (Å²) in [5.41, 5.74) is 0. The number of ether oxygens (including phenoxy) is 2. The highest BCUT2D eigenvalue weighted by atomic mass is 16.5. The first-order chi connectivity index (χ1) is 6.93. The Morgan fingerprint density at radius 3 is 2.50 bits per heavy atom. The number of unbranched alkanes of at least 4 members (excludes halogenated alkanes) is 2.